The van der Waals surface area contributed by atoms with Crippen LogP contribution in [-0.4, -0.2) is 42.8 Å². The van der Waals surface area contributed by atoms with E-state index in [-0.39, 0.29) is 34.8 Å². The Bertz CT molecular complexity index is 722. The average molecular weight is 347 g/mol. The summed E-state index contributed by atoms with van der Waals surface area (Å²) in [6.45, 7) is 6.83. The lowest BCUT2D eigenvalue weighted by Crippen LogP contribution is -2.40. The summed E-state index contributed by atoms with van der Waals surface area (Å²) in [5.41, 5.74) is 1.09. The highest BCUT2D eigenvalue weighted by molar-refractivity contribution is 6.03. The summed E-state index contributed by atoms with van der Waals surface area (Å²) in [7, 11) is 1.38. The largest absolute Gasteiger partial charge is 0.469 e. The van der Waals surface area contributed by atoms with Crippen LogP contribution < -0.4 is 0 Å². The maximum absolute atomic E-state index is 12.9. The molecule has 0 aromatic carbocycles. The highest BCUT2D eigenvalue weighted by Gasteiger charge is 2.38. The molecule has 136 valence electrons. The summed E-state index contributed by atoms with van der Waals surface area (Å²) in [6, 6.07) is 0. The van der Waals surface area contributed by atoms with Crippen LogP contribution in [0.15, 0.2) is 4.42 Å². The number of fused-ring (bicyclic) bond motifs is 1. The zero-order chi connectivity index (χ0) is 18.4. The number of methoxy groups -OCH3 is 1. The van der Waals surface area contributed by atoms with E-state index in [4.69, 9.17) is 9.15 Å². The predicted octanol–water partition coefficient (Wildman–Crippen LogP) is 2.77. The van der Waals surface area contributed by atoms with Crippen molar-refractivity contribution in [1.82, 2.24) is 4.90 Å². The molecule has 0 saturated carbocycles. The maximum Gasteiger partial charge on any atom is 0.308 e. The van der Waals surface area contributed by atoms with Gasteiger partial charge in [0.25, 0.3) is 5.91 Å². The lowest BCUT2D eigenvalue weighted by atomic mass is 9.76. The fourth-order valence-corrected chi connectivity index (χ4v) is 3.92. The first-order chi connectivity index (χ1) is 11.7. The Morgan fingerprint density at radius 2 is 1.84 bits per heavy atom. The molecule has 0 unspecified atom stereocenters. The van der Waals surface area contributed by atoms with Crippen LogP contribution in [0.3, 0.4) is 0 Å². The highest BCUT2D eigenvalue weighted by Crippen LogP contribution is 2.38. The minimum Gasteiger partial charge on any atom is -0.469 e. The van der Waals surface area contributed by atoms with Crippen LogP contribution in [0.5, 0.6) is 0 Å². The van der Waals surface area contributed by atoms with Crippen molar-refractivity contribution in [2.75, 3.05) is 20.2 Å². The average Bonchev–Trinajstić information content (AvgIpc) is 2.88. The lowest BCUT2D eigenvalue weighted by Gasteiger charge is -2.30. The Morgan fingerprint density at radius 1 is 1.20 bits per heavy atom. The van der Waals surface area contributed by atoms with Gasteiger partial charge in [-0.05, 0) is 25.2 Å². The molecule has 0 bridgehead atoms. The van der Waals surface area contributed by atoms with Crippen LogP contribution in [0, 0.1) is 18.3 Å². The van der Waals surface area contributed by atoms with Gasteiger partial charge in [-0.15, -0.1) is 0 Å². The van der Waals surface area contributed by atoms with Crippen LogP contribution in [0.25, 0.3) is 0 Å². The molecular weight excluding hydrogens is 322 g/mol. The summed E-state index contributed by atoms with van der Waals surface area (Å²) in [5.74, 6) is 0.391. The predicted molar refractivity (Wildman–Crippen MR) is 90.5 cm³/mol. The maximum atomic E-state index is 12.9. The molecule has 1 fully saturated rings. The molecule has 6 heteroatoms. The Kier molecular flexibility index (Phi) is 4.47. The Morgan fingerprint density at radius 3 is 2.44 bits per heavy atom. The molecule has 1 aliphatic heterocycles. The topological polar surface area (TPSA) is 76.8 Å². The molecule has 3 rings (SSSR count). The molecular formula is C19H25NO5. The van der Waals surface area contributed by atoms with E-state index in [0.29, 0.717) is 55.7 Å². The molecule has 0 atom stereocenters. The van der Waals surface area contributed by atoms with E-state index >= 15 is 0 Å². The van der Waals surface area contributed by atoms with Crippen LogP contribution in [0.4, 0.5) is 0 Å². The zero-order valence-corrected chi connectivity index (χ0v) is 15.3. The number of ketones is 1. The number of ether oxygens (including phenoxy) is 1. The first kappa shape index (κ1) is 17.7. The Labute approximate surface area is 147 Å². The summed E-state index contributed by atoms with van der Waals surface area (Å²) >= 11 is 0. The molecule has 1 amide bonds. The Hall–Kier alpha value is -2.11. The standard InChI is InChI=1S/C19H25NO5/c1-11-15-13(21)9-19(2,3)10-14(15)25-16(11)17(22)20-7-5-12(6-8-20)18(23)24-4/h12H,5-10H2,1-4H3. The fraction of sp³-hybridized carbons (Fsp3) is 0.632. The van der Waals surface area contributed by atoms with Gasteiger partial charge in [-0.3, -0.25) is 14.4 Å². The molecule has 1 aliphatic carbocycles. The monoisotopic (exact) mass is 347 g/mol. The van der Waals surface area contributed by atoms with Crippen LogP contribution in [0.2, 0.25) is 0 Å². The van der Waals surface area contributed by atoms with Crippen molar-refractivity contribution >= 4 is 17.7 Å². The number of furan rings is 1. The summed E-state index contributed by atoms with van der Waals surface area (Å²) < 4.78 is 10.6. The number of amides is 1. The molecule has 2 aliphatic rings. The van der Waals surface area contributed by atoms with Gasteiger partial charge in [0.05, 0.1) is 18.6 Å². The number of carbonyl (C=O) groups is 3. The van der Waals surface area contributed by atoms with Crippen molar-refractivity contribution in [2.24, 2.45) is 11.3 Å². The smallest absolute Gasteiger partial charge is 0.308 e. The number of hydrogen-bond donors (Lipinski definition) is 0. The van der Waals surface area contributed by atoms with Crippen molar-refractivity contribution in [3.8, 4) is 0 Å². The number of likely N-dealkylation sites (tertiary alicyclic amines) is 1. The van der Waals surface area contributed by atoms with Crippen molar-refractivity contribution in [3.05, 3.63) is 22.6 Å². The first-order valence-corrected chi connectivity index (χ1v) is 8.76. The first-order valence-electron chi connectivity index (χ1n) is 8.76. The van der Waals surface area contributed by atoms with Gasteiger partial charge in [0.15, 0.2) is 11.5 Å². The van der Waals surface area contributed by atoms with Crippen molar-refractivity contribution in [2.45, 2.75) is 46.5 Å². The molecule has 0 N–H and O–H groups in total. The van der Waals surface area contributed by atoms with Gasteiger partial charge in [-0.2, -0.15) is 0 Å². The number of piperidine rings is 1. The third-order valence-electron chi connectivity index (χ3n) is 5.29. The molecule has 1 aromatic rings. The third-order valence-corrected chi connectivity index (χ3v) is 5.29. The van der Waals surface area contributed by atoms with E-state index in [9.17, 15) is 14.4 Å². The van der Waals surface area contributed by atoms with E-state index < -0.39 is 0 Å². The Balaban J connectivity index is 1.79. The summed E-state index contributed by atoms with van der Waals surface area (Å²) in [4.78, 5) is 38.6. The number of esters is 1. The van der Waals surface area contributed by atoms with Crippen LogP contribution in [0.1, 0.15) is 65.3 Å². The highest BCUT2D eigenvalue weighted by atomic mass is 16.5. The molecule has 0 radical (unpaired) electrons. The van der Waals surface area contributed by atoms with Gasteiger partial charge >= 0.3 is 5.97 Å². The second-order valence-corrected chi connectivity index (χ2v) is 7.88. The van der Waals surface area contributed by atoms with Gasteiger partial charge in [-0.25, -0.2) is 0 Å². The van der Waals surface area contributed by atoms with Gasteiger partial charge in [0, 0.05) is 31.5 Å². The number of nitrogens with zero attached hydrogens (tertiary/aromatic N) is 1. The van der Waals surface area contributed by atoms with E-state index in [1.165, 1.54) is 7.11 Å². The molecule has 6 nitrogen and oxygen atoms in total. The minimum absolute atomic E-state index is 0.0518. The molecule has 25 heavy (non-hydrogen) atoms. The second kappa shape index (κ2) is 6.32. The van der Waals surface area contributed by atoms with E-state index in [0.717, 1.165) is 0 Å². The van der Waals surface area contributed by atoms with Crippen molar-refractivity contribution < 1.29 is 23.5 Å². The lowest BCUT2D eigenvalue weighted by molar-refractivity contribution is -0.146. The second-order valence-electron chi connectivity index (χ2n) is 7.88. The van der Waals surface area contributed by atoms with Crippen LogP contribution in [-0.2, 0) is 16.0 Å². The number of carbonyl (C=O) groups excluding carboxylic acids is 3. The molecule has 1 saturated heterocycles. The van der Waals surface area contributed by atoms with Crippen molar-refractivity contribution in [1.29, 1.82) is 0 Å². The normalized spacial score (nSPS) is 20.3. The number of hydrogen-bond acceptors (Lipinski definition) is 5. The van der Waals surface area contributed by atoms with Gasteiger partial charge in [0.2, 0.25) is 0 Å². The zero-order valence-electron chi connectivity index (χ0n) is 15.3. The quantitative estimate of drug-likeness (QED) is 0.769. The summed E-state index contributed by atoms with van der Waals surface area (Å²) in [6.07, 6.45) is 2.30. The van der Waals surface area contributed by atoms with E-state index in [1.54, 1.807) is 11.8 Å². The number of rotatable bonds is 2. The third kappa shape index (κ3) is 3.22. The van der Waals surface area contributed by atoms with E-state index in [2.05, 4.69) is 0 Å². The fourth-order valence-electron chi connectivity index (χ4n) is 3.92. The van der Waals surface area contributed by atoms with Crippen LogP contribution >= 0.6 is 0 Å². The summed E-state index contributed by atoms with van der Waals surface area (Å²) in [5, 5.41) is 0. The number of Topliss-reactive ketones (excluding diaryl/α,β-unsaturated/α-hetero) is 1. The SMILES string of the molecule is COC(=O)C1CCN(C(=O)c2oc3c(c2C)C(=O)CC(C)(C)C3)CC1. The minimum atomic E-state index is -0.218. The van der Waals surface area contributed by atoms with E-state index in [1.807, 2.05) is 13.8 Å². The van der Waals surface area contributed by atoms with Gasteiger partial charge in [0.1, 0.15) is 5.76 Å². The van der Waals surface area contributed by atoms with Gasteiger partial charge in [-0.1, -0.05) is 13.8 Å². The van der Waals surface area contributed by atoms with Gasteiger partial charge < -0.3 is 14.1 Å². The molecule has 2 heterocycles. The molecule has 0 spiro atoms. The molecule has 1 aromatic heterocycles. The van der Waals surface area contributed by atoms with Crippen molar-refractivity contribution in [3.63, 3.8) is 0 Å².